The first-order chi connectivity index (χ1) is 10.2. The average molecular weight is 327 g/mol. The van der Waals surface area contributed by atoms with Gasteiger partial charge in [0.15, 0.2) is 0 Å². The van der Waals surface area contributed by atoms with E-state index in [1.807, 2.05) is 4.90 Å². The first-order valence-corrected chi connectivity index (χ1v) is 7.96. The SMILES string of the molecule is Cl.NC[C@H]1CCC[C@H]1C(=O)N1CCCC1c1ccc(F)cc1. The Morgan fingerprint density at radius 2 is 1.91 bits per heavy atom. The van der Waals surface area contributed by atoms with Crippen LogP contribution >= 0.6 is 12.4 Å². The van der Waals surface area contributed by atoms with Crippen molar-refractivity contribution in [1.82, 2.24) is 4.90 Å². The van der Waals surface area contributed by atoms with E-state index in [1.165, 1.54) is 12.1 Å². The molecule has 1 aliphatic heterocycles. The maximum Gasteiger partial charge on any atom is 0.226 e. The molecule has 1 saturated carbocycles. The highest BCUT2D eigenvalue weighted by molar-refractivity contribution is 5.85. The summed E-state index contributed by atoms with van der Waals surface area (Å²) >= 11 is 0. The van der Waals surface area contributed by atoms with Crippen LogP contribution in [0.2, 0.25) is 0 Å². The van der Waals surface area contributed by atoms with Crippen molar-refractivity contribution in [1.29, 1.82) is 0 Å². The fourth-order valence-corrected chi connectivity index (χ4v) is 3.92. The fourth-order valence-electron chi connectivity index (χ4n) is 3.92. The number of carbonyl (C=O) groups excluding carboxylic acids is 1. The van der Waals surface area contributed by atoms with Gasteiger partial charge in [0.05, 0.1) is 6.04 Å². The molecule has 5 heteroatoms. The molecule has 0 bridgehead atoms. The highest BCUT2D eigenvalue weighted by atomic mass is 35.5. The highest BCUT2D eigenvalue weighted by Gasteiger charge is 2.38. The maximum absolute atomic E-state index is 13.1. The van der Waals surface area contributed by atoms with Crippen LogP contribution in [0, 0.1) is 17.7 Å². The van der Waals surface area contributed by atoms with Crippen LogP contribution in [-0.4, -0.2) is 23.9 Å². The number of benzene rings is 1. The summed E-state index contributed by atoms with van der Waals surface area (Å²) in [6.45, 7) is 1.42. The van der Waals surface area contributed by atoms with Crippen LogP contribution in [0.25, 0.3) is 0 Å². The Labute approximate surface area is 137 Å². The number of amides is 1. The lowest BCUT2D eigenvalue weighted by Gasteiger charge is -2.29. The average Bonchev–Trinajstić information content (AvgIpc) is 3.16. The summed E-state index contributed by atoms with van der Waals surface area (Å²) in [5.41, 5.74) is 6.86. The number of rotatable bonds is 3. The molecule has 3 nitrogen and oxygen atoms in total. The summed E-state index contributed by atoms with van der Waals surface area (Å²) in [6, 6.07) is 6.68. The minimum Gasteiger partial charge on any atom is -0.335 e. The van der Waals surface area contributed by atoms with E-state index < -0.39 is 0 Å². The third kappa shape index (κ3) is 3.28. The minimum absolute atomic E-state index is 0. The minimum atomic E-state index is -0.228. The lowest BCUT2D eigenvalue weighted by Crippen LogP contribution is -2.38. The van der Waals surface area contributed by atoms with Gasteiger partial charge in [0.1, 0.15) is 5.82 Å². The molecule has 1 unspecified atom stereocenters. The molecule has 3 atom stereocenters. The molecule has 1 aromatic rings. The molecule has 1 heterocycles. The number of nitrogens with zero attached hydrogens (tertiary/aromatic N) is 1. The molecule has 2 fully saturated rings. The van der Waals surface area contributed by atoms with Crippen LogP contribution in [0.3, 0.4) is 0 Å². The summed E-state index contributed by atoms with van der Waals surface area (Å²) in [5.74, 6) is 0.464. The first-order valence-electron chi connectivity index (χ1n) is 7.96. The molecule has 2 N–H and O–H groups in total. The molecule has 0 aromatic heterocycles. The molecule has 2 aliphatic rings. The lowest BCUT2D eigenvalue weighted by atomic mass is 9.94. The zero-order valence-electron chi connectivity index (χ0n) is 12.7. The van der Waals surface area contributed by atoms with Crippen LogP contribution in [0.4, 0.5) is 4.39 Å². The van der Waals surface area contributed by atoms with Crippen LogP contribution in [0.15, 0.2) is 24.3 Å². The topological polar surface area (TPSA) is 46.3 Å². The third-order valence-electron chi connectivity index (χ3n) is 5.07. The van der Waals surface area contributed by atoms with Crippen molar-refractivity contribution in [3.8, 4) is 0 Å². The lowest BCUT2D eigenvalue weighted by molar-refractivity contribution is -0.137. The number of carbonyl (C=O) groups is 1. The molecular formula is C17H24ClFN2O. The number of likely N-dealkylation sites (tertiary alicyclic amines) is 1. The van der Waals surface area contributed by atoms with E-state index in [-0.39, 0.29) is 36.1 Å². The van der Waals surface area contributed by atoms with E-state index in [1.54, 1.807) is 12.1 Å². The Balaban J connectivity index is 0.00000176. The number of halogens is 2. The molecule has 1 aromatic carbocycles. The van der Waals surface area contributed by atoms with Gasteiger partial charge in [-0.15, -0.1) is 12.4 Å². The van der Waals surface area contributed by atoms with Crippen LogP contribution in [0.5, 0.6) is 0 Å². The van der Waals surface area contributed by atoms with Crippen LogP contribution < -0.4 is 5.73 Å². The van der Waals surface area contributed by atoms with Crippen molar-refractivity contribution in [2.45, 2.75) is 38.1 Å². The van der Waals surface area contributed by atoms with Gasteiger partial charge in [0.25, 0.3) is 0 Å². The summed E-state index contributed by atoms with van der Waals surface area (Å²) < 4.78 is 13.1. The maximum atomic E-state index is 13.1. The zero-order chi connectivity index (χ0) is 14.8. The second-order valence-electron chi connectivity index (χ2n) is 6.27. The van der Waals surface area contributed by atoms with Gasteiger partial charge in [-0.3, -0.25) is 4.79 Å². The summed E-state index contributed by atoms with van der Waals surface area (Å²) in [5, 5.41) is 0. The number of nitrogens with two attached hydrogens (primary N) is 1. The fraction of sp³-hybridized carbons (Fsp3) is 0.588. The largest absolute Gasteiger partial charge is 0.335 e. The molecule has 122 valence electrons. The molecule has 0 spiro atoms. The molecular weight excluding hydrogens is 303 g/mol. The predicted molar refractivity (Wildman–Crippen MR) is 87.2 cm³/mol. The van der Waals surface area contributed by atoms with Gasteiger partial charge in [-0.25, -0.2) is 4.39 Å². The first kappa shape index (κ1) is 17.2. The molecule has 0 radical (unpaired) electrons. The standard InChI is InChI=1S/C17H23FN2O.ClH/c18-14-8-6-12(7-9-14)16-5-2-10-20(16)17(21)15-4-1-3-13(15)11-19;/h6-9,13,15-16H,1-5,10-11,19H2;1H/t13-,15-,16?;/m1./s1. The van der Waals surface area contributed by atoms with Gasteiger partial charge < -0.3 is 10.6 Å². The second-order valence-corrected chi connectivity index (χ2v) is 6.27. The predicted octanol–water partition coefficient (Wildman–Crippen LogP) is 3.29. The summed E-state index contributed by atoms with van der Waals surface area (Å²) in [6.07, 6.45) is 5.13. The monoisotopic (exact) mass is 326 g/mol. The molecule has 22 heavy (non-hydrogen) atoms. The van der Waals surface area contributed by atoms with E-state index in [2.05, 4.69) is 0 Å². The van der Waals surface area contributed by atoms with Crippen molar-refractivity contribution in [2.75, 3.05) is 13.1 Å². The zero-order valence-corrected chi connectivity index (χ0v) is 13.5. The van der Waals surface area contributed by atoms with Crippen molar-refractivity contribution in [2.24, 2.45) is 17.6 Å². The number of hydrogen-bond donors (Lipinski definition) is 1. The Morgan fingerprint density at radius 1 is 1.18 bits per heavy atom. The van der Waals surface area contributed by atoms with Crippen molar-refractivity contribution >= 4 is 18.3 Å². The van der Waals surface area contributed by atoms with E-state index in [0.29, 0.717) is 12.5 Å². The number of hydrogen-bond acceptors (Lipinski definition) is 2. The summed E-state index contributed by atoms with van der Waals surface area (Å²) in [7, 11) is 0. The van der Waals surface area contributed by atoms with Crippen molar-refractivity contribution < 1.29 is 9.18 Å². The molecule has 1 saturated heterocycles. The molecule has 1 aliphatic carbocycles. The van der Waals surface area contributed by atoms with Gasteiger partial charge >= 0.3 is 0 Å². The quantitative estimate of drug-likeness (QED) is 0.926. The van der Waals surface area contributed by atoms with Crippen molar-refractivity contribution in [3.05, 3.63) is 35.6 Å². The molecule has 3 rings (SSSR count). The van der Waals surface area contributed by atoms with Gasteiger partial charge in [-0.05, 0) is 55.8 Å². The third-order valence-corrected chi connectivity index (χ3v) is 5.07. The smallest absolute Gasteiger partial charge is 0.226 e. The second kappa shape index (κ2) is 7.42. The van der Waals surface area contributed by atoms with E-state index in [0.717, 1.165) is 44.2 Å². The Hall–Kier alpha value is -1.13. The Morgan fingerprint density at radius 3 is 2.59 bits per heavy atom. The van der Waals surface area contributed by atoms with Gasteiger partial charge in [0.2, 0.25) is 5.91 Å². The summed E-state index contributed by atoms with van der Waals surface area (Å²) in [4.78, 5) is 14.9. The van der Waals surface area contributed by atoms with E-state index >= 15 is 0 Å². The van der Waals surface area contributed by atoms with E-state index in [9.17, 15) is 9.18 Å². The van der Waals surface area contributed by atoms with Gasteiger partial charge in [-0.2, -0.15) is 0 Å². The highest BCUT2D eigenvalue weighted by Crippen LogP contribution is 2.38. The Bertz CT molecular complexity index is 508. The van der Waals surface area contributed by atoms with Crippen molar-refractivity contribution in [3.63, 3.8) is 0 Å². The Kier molecular flexibility index (Phi) is 5.81. The van der Waals surface area contributed by atoms with Crippen LogP contribution in [0.1, 0.15) is 43.7 Å². The molecule has 1 amide bonds. The normalized spacial score (nSPS) is 27.7. The van der Waals surface area contributed by atoms with Crippen LogP contribution in [-0.2, 0) is 4.79 Å². The van der Waals surface area contributed by atoms with E-state index in [4.69, 9.17) is 5.73 Å². The van der Waals surface area contributed by atoms with Gasteiger partial charge in [0, 0.05) is 12.5 Å². The van der Waals surface area contributed by atoms with Gasteiger partial charge in [-0.1, -0.05) is 18.6 Å².